The summed E-state index contributed by atoms with van der Waals surface area (Å²) in [5.41, 5.74) is 0.637. The predicted octanol–water partition coefficient (Wildman–Crippen LogP) is 3.38. The van der Waals surface area contributed by atoms with Crippen molar-refractivity contribution in [3.8, 4) is 0 Å². The Labute approximate surface area is 81.9 Å². The standard InChI is InChI=1S/C12H22O/c1-9-8-11(4)6-7-12(9,5)13-10(11,2)3/h9H,6-8H2,1-5H3/t9?,11?,12-/m0/s1. The lowest BCUT2D eigenvalue weighted by atomic mass is 9.55. The van der Waals surface area contributed by atoms with Crippen molar-refractivity contribution in [1.82, 2.24) is 0 Å². The normalized spacial score (nSPS) is 53.8. The van der Waals surface area contributed by atoms with Crippen LogP contribution in [0.2, 0.25) is 0 Å². The van der Waals surface area contributed by atoms with E-state index in [1.165, 1.54) is 19.3 Å². The van der Waals surface area contributed by atoms with Crippen LogP contribution in [0.3, 0.4) is 0 Å². The van der Waals surface area contributed by atoms with Crippen LogP contribution in [-0.4, -0.2) is 11.2 Å². The molecule has 1 aliphatic carbocycles. The minimum absolute atomic E-state index is 0.0759. The molecule has 2 heterocycles. The maximum Gasteiger partial charge on any atom is 0.0687 e. The Kier molecular flexibility index (Phi) is 1.69. The number of hydrogen-bond acceptors (Lipinski definition) is 1. The zero-order chi connectivity index (χ0) is 9.91. The minimum Gasteiger partial charge on any atom is -0.369 e. The summed E-state index contributed by atoms with van der Waals surface area (Å²) in [6, 6.07) is 0. The van der Waals surface area contributed by atoms with Gasteiger partial charge in [0.15, 0.2) is 0 Å². The molecule has 3 rings (SSSR count). The molecule has 2 bridgehead atoms. The van der Waals surface area contributed by atoms with Crippen LogP contribution in [0.25, 0.3) is 0 Å². The first-order chi connectivity index (χ1) is 5.79. The van der Waals surface area contributed by atoms with Crippen LogP contribution in [0.1, 0.15) is 53.9 Å². The first-order valence-corrected chi connectivity index (χ1v) is 5.49. The van der Waals surface area contributed by atoms with Gasteiger partial charge in [0.1, 0.15) is 0 Å². The summed E-state index contributed by atoms with van der Waals surface area (Å²) in [4.78, 5) is 0. The summed E-state index contributed by atoms with van der Waals surface area (Å²) in [6.45, 7) is 11.5. The highest BCUT2D eigenvalue weighted by molar-refractivity contribution is 5.07. The van der Waals surface area contributed by atoms with Gasteiger partial charge < -0.3 is 4.74 Å². The Balaban J connectivity index is 2.36. The van der Waals surface area contributed by atoms with Crippen molar-refractivity contribution in [3.05, 3.63) is 0 Å². The number of fused-ring (bicyclic) bond motifs is 3. The third-order valence-electron chi connectivity index (χ3n) is 4.91. The molecule has 1 saturated carbocycles. The van der Waals surface area contributed by atoms with Gasteiger partial charge in [0.05, 0.1) is 11.2 Å². The fourth-order valence-corrected chi connectivity index (χ4v) is 3.17. The van der Waals surface area contributed by atoms with Crippen molar-refractivity contribution in [2.75, 3.05) is 0 Å². The molecule has 0 N–H and O–H groups in total. The topological polar surface area (TPSA) is 9.23 Å². The lowest BCUT2D eigenvalue weighted by Crippen LogP contribution is -2.63. The summed E-state index contributed by atoms with van der Waals surface area (Å²) in [7, 11) is 0. The van der Waals surface area contributed by atoms with Gasteiger partial charge in [-0.15, -0.1) is 0 Å². The fourth-order valence-electron chi connectivity index (χ4n) is 3.17. The molecule has 1 nitrogen and oxygen atoms in total. The third-order valence-corrected chi connectivity index (χ3v) is 4.91. The summed E-state index contributed by atoms with van der Waals surface area (Å²) >= 11 is 0. The van der Waals surface area contributed by atoms with Crippen molar-refractivity contribution in [1.29, 1.82) is 0 Å². The van der Waals surface area contributed by atoms with Crippen LogP contribution >= 0.6 is 0 Å². The van der Waals surface area contributed by atoms with Gasteiger partial charge in [-0.1, -0.05) is 13.8 Å². The molecule has 3 atom stereocenters. The molecule has 0 radical (unpaired) electrons. The van der Waals surface area contributed by atoms with Crippen molar-refractivity contribution in [2.45, 2.75) is 65.1 Å². The van der Waals surface area contributed by atoms with E-state index in [4.69, 9.17) is 4.74 Å². The molecule has 2 aliphatic heterocycles. The Morgan fingerprint density at radius 1 is 1.08 bits per heavy atom. The second kappa shape index (κ2) is 2.31. The average Bonchev–Trinajstić information content (AvgIpc) is 1.95. The molecular formula is C12H22O. The van der Waals surface area contributed by atoms with E-state index in [0.717, 1.165) is 5.92 Å². The van der Waals surface area contributed by atoms with E-state index in [0.29, 0.717) is 5.41 Å². The summed E-state index contributed by atoms with van der Waals surface area (Å²) in [5.74, 6) is 0.722. The monoisotopic (exact) mass is 182 g/mol. The second-order valence-electron chi connectivity index (χ2n) is 6.09. The summed E-state index contributed by atoms with van der Waals surface area (Å²) in [6.07, 6.45) is 3.91. The van der Waals surface area contributed by atoms with Crippen LogP contribution in [0.5, 0.6) is 0 Å². The van der Waals surface area contributed by atoms with Crippen molar-refractivity contribution in [2.24, 2.45) is 11.3 Å². The molecule has 2 unspecified atom stereocenters. The molecule has 76 valence electrons. The molecule has 0 amide bonds. The fraction of sp³-hybridized carbons (Fsp3) is 1.00. The van der Waals surface area contributed by atoms with Crippen LogP contribution in [0.15, 0.2) is 0 Å². The molecule has 0 aromatic heterocycles. The largest absolute Gasteiger partial charge is 0.369 e. The highest BCUT2D eigenvalue weighted by Crippen LogP contribution is 2.59. The van der Waals surface area contributed by atoms with Crippen molar-refractivity contribution in [3.63, 3.8) is 0 Å². The summed E-state index contributed by atoms with van der Waals surface area (Å²) < 4.78 is 6.28. The van der Waals surface area contributed by atoms with Gasteiger partial charge >= 0.3 is 0 Å². The quantitative estimate of drug-likeness (QED) is 0.558. The Morgan fingerprint density at radius 2 is 1.69 bits per heavy atom. The van der Waals surface area contributed by atoms with Gasteiger partial charge in [0, 0.05) is 0 Å². The molecule has 13 heavy (non-hydrogen) atoms. The lowest BCUT2D eigenvalue weighted by molar-refractivity contribution is -0.288. The molecule has 2 saturated heterocycles. The van der Waals surface area contributed by atoms with E-state index in [9.17, 15) is 0 Å². The highest BCUT2D eigenvalue weighted by Gasteiger charge is 2.58. The first-order valence-electron chi connectivity index (χ1n) is 5.49. The maximum absolute atomic E-state index is 6.28. The molecule has 0 aromatic rings. The van der Waals surface area contributed by atoms with E-state index >= 15 is 0 Å². The molecule has 1 heteroatoms. The predicted molar refractivity (Wildman–Crippen MR) is 54.7 cm³/mol. The zero-order valence-corrected chi connectivity index (χ0v) is 9.61. The number of rotatable bonds is 0. The van der Waals surface area contributed by atoms with Crippen molar-refractivity contribution >= 4 is 0 Å². The Hall–Kier alpha value is -0.0400. The molecule has 3 fully saturated rings. The van der Waals surface area contributed by atoms with Gasteiger partial charge in [0.2, 0.25) is 0 Å². The molecular weight excluding hydrogens is 160 g/mol. The van der Waals surface area contributed by atoms with E-state index in [2.05, 4.69) is 34.6 Å². The first kappa shape index (κ1) is 9.51. The number of ether oxygens (including phenoxy) is 1. The average molecular weight is 182 g/mol. The second-order valence-corrected chi connectivity index (χ2v) is 6.09. The minimum atomic E-state index is 0.0759. The zero-order valence-electron chi connectivity index (χ0n) is 9.61. The smallest absolute Gasteiger partial charge is 0.0687 e. The lowest BCUT2D eigenvalue weighted by Gasteiger charge is -2.62. The van der Waals surface area contributed by atoms with Crippen LogP contribution in [0.4, 0.5) is 0 Å². The summed E-state index contributed by atoms with van der Waals surface area (Å²) in [5, 5.41) is 0. The molecule has 0 aromatic carbocycles. The van der Waals surface area contributed by atoms with Gasteiger partial charge in [-0.05, 0) is 51.4 Å². The van der Waals surface area contributed by atoms with E-state index in [1.54, 1.807) is 0 Å². The van der Waals surface area contributed by atoms with E-state index in [-0.39, 0.29) is 11.2 Å². The molecule has 3 aliphatic rings. The van der Waals surface area contributed by atoms with Gasteiger partial charge in [0.25, 0.3) is 0 Å². The Morgan fingerprint density at radius 3 is 2.08 bits per heavy atom. The van der Waals surface area contributed by atoms with Crippen molar-refractivity contribution < 1.29 is 4.74 Å². The van der Waals surface area contributed by atoms with Crippen LogP contribution in [-0.2, 0) is 4.74 Å². The van der Waals surface area contributed by atoms with Gasteiger partial charge in [-0.3, -0.25) is 0 Å². The third kappa shape index (κ3) is 1.09. The SMILES string of the molecule is CC1CC2(C)CC[C@]1(C)OC2(C)C. The van der Waals surface area contributed by atoms with Gasteiger partial charge in [-0.2, -0.15) is 0 Å². The maximum atomic E-state index is 6.28. The van der Waals surface area contributed by atoms with E-state index in [1.807, 2.05) is 0 Å². The highest BCUT2D eigenvalue weighted by atomic mass is 16.5. The Bertz CT molecular complexity index is 231. The van der Waals surface area contributed by atoms with E-state index < -0.39 is 0 Å². The van der Waals surface area contributed by atoms with Gasteiger partial charge in [-0.25, -0.2) is 0 Å². The van der Waals surface area contributed by atoms with Crippen LogP contribution < -0.4 is 0 Å². The number of hydrogen-bond donors (Lipinski definition) is 0. The van der Waals surface area contributed by atoms with Crippen LogP contribution in [0, 0.1) is 11.3 Å². The molecule has 0 spiro atoms.